The van der Waals surface area contributed by atoms with Crippen LogP contribution >= 0.6 is 0 Å². The number of carboxylic acids is 1. The maximum absolute atomic E-state index is 13.5. The third kappa shape index (κ3) is 7.79. The van der Waals surface area contributed by atoms with Gasteiger partial charge >= 0.3 is 5.97 Å². The van der Waals surface area contributed by atoms with E-state index < -0.39 is 5.97 Å². The summed E-state index contributed by atoms with van der Waals surface area (Å²) in [6, 6.07) is 23.3. The Bertz CT molecular complexity index is 1430. The lowest BCUT2D eigenvalue weighted by molar-refractivity contribution is -0.137. The molecular weight excluding hydrogens is 506 g/mol. The highest BCUT2D eigenvalue weighted by Crippen LogP contribution is 2.27. The smallest absolute Gasteiger partial charge is 0.303 e. The first-order valence-corrected chi connectivity index (χ1v) is 13.6. The lowest BCUT2D eigenvalue weighted by atomic mass is 10.0. The Morgan fingerprint density at radius 3 is 2.35 bits per heavy atom. The predicted molar refractivity (Wildman–Crippen MR) is 153 cm³/mol. The van der Waals surface area contributed by atoms with Crippen molar-refractivity contribution in [2.75, 3.05) is 6.61 Å². The zero-order chi connectivity index (χ0) is 28.5. The largest absolute Gasteiger partial charge is 0.494 e. The molecule has 0 saturated carbocycles. The fourth-order valence-corrected chi connectivity index (χ4v) is 4.38. The number of amides is 1. The van der Waals surface area contributed by atoms with Crippen LogP contribution in [-0.4, -0.2) is 44.7 Å². The molecule has 0 radical (unpaired) electrons. The van der Waals surface area contributed by atoms with Crippen molar-refractivity contribution in [2.45, 2.75) is 59.0 Å². The maximum atomic E-state index is 13.5. The van der Waals surface area contributed by atoms with E-state index in [1.807, 2.05) is 91.5 Å². The number of rotatable bonds is 13. The topological polar surface area (TPSA) is 106 Å². The third-order valence-corrected chi connectivity index (χ3v) is 6.54. The normalized spacial score (nSPS) is 11.0. The van der Waals surface area contributed by atoms with Crippen LogP contribution in [0.2, 0.25) is 0 Å². The zero-order valence-electron chi connectivity index (χ0n) is 23.2. The molecule has 1 heterocycles. The minimum atomic E-state index is -0.768. The first kappa shape index (κ1) is 28.5. The second-order valence-electron chi connectivity index (χ2n) is 10.0. The number of carboxylic acid groups (broad SMARTS) is 1. The SMILES string of the molecule is Cc1nnc(-c2cccc(-c3ccc(C(=O)N(Cc4cccc(OCCCCCC(=O)O)c4)C(C)C)cc3)c2)o1. The number of aliphatic carboxylic acids is 1. The van der Waals surface area contributed by atoms with E-state index in [0.29, 0.717) is 36.9 Å². The van der Waals surface area contributed by atoms with Crippen molar-refractivity contribution in [2.24, 2.45) is 0 Å². The summed E-state index contributed by atoms with van der Waals surface area (Å²) in [6.45, 7) is 6.76. The van der Waals surface area contributed by atoms with Gasteiger partial charge in [-0.3, -0.25) is 9.59 Å². The minimum Gasteiger partial charge on any atom is -0.494 e. The molecule has 0 spiro atoms. The average molecular weight is 542 g/mol. The lowest BCUT2D eigenvalue weighted by Crippen LogP contribution is -2.36. The van der Waals surface area contributed by atoms with Gasteiger partial charge in [-0.05, 0) is 86.2 Å². The van der Waals surface area contributed by atoms with Crippen LogP contribution in [0.5, 0.6) is 5.75 Å². The van der Waals surface area contributed by atoms with Crippen molar-refractivity contribution >= 4 is 11.9 Å². The lowest BCUT2D eigenvalue weighted by Gasteiger charge is -2.27. The molecule has 0 aliphatic carbocycles. The molecule has 0 fully saturated rings. The number of aromatic nitrogens is 2. The molecule has 0 atom stereocenters. The minimum absolute atomic E-state index is 0.000491. The van der Waals surface area contributed by atoms with Gasteiger partial charge in [0.2, 0.25) is 11.8 Å². The van der Waals surface area contributed by atoms with E-state index in [-0.39, 0.29) is 18.4 Å². The molecule has 1 N–H and O–H groups in total. The molecule has 3 aromatic carbocycles. The Balaban J connectivity index is 1.40. The number of aryl methyl sites for hydroxylation is 1. The Morgan fingerprint density at radius 2 is 1.65 bits per heavy atom. The van der Waals surface area contributed by atoms with Gasteiger partial charge in [-0.15, -0.1) is 10.2 Å². The summed E-state index contributed by atoms with van der Waals surface area (Å²) >= 11 is 0. The van der Waals surface area contributed by atoms with E-state index in [1.54, 1.807) is 6.92 Å². The molecule has 4 aromatic rings. The van der Waals surface area contributed by atoms with Crippen molar-refractivity contribution in [3.63, 3.8) is 0 Å². The van der Waals surface area contributed by atoms with Gasteiger partial charge in [0.1, 0.15) is 5.75 Å². The Hall–Kier alpha value is -4.46. The molecule has 8 nitrogen and oxygen atoms in total. The van der Waals surface area contributed by atoms with Gasteiger partial charge in [-0.25, -0.2) is 0 Å². The second kappa shape index (κ2) is 13.6. The quantitative estimate of drug-likeness (QED) is 0.186. The van der Waals surface area contributed by atoms with Gasteiger partial charge in [-0.1, -0.05) is 36.4 Å². The van der Waals surface area contributed by atoms with E-state index in [9.17, 15) is 9.59 Å². The van der Waals surface area contributed by atoms with E-state index in [4.69, 9.17) is 14.3 Å². The molecule has 1 amide bonds. The van der Waals surface area contributed by atoms with Crippen molar-refractivity contribution < 1.29 is 23.8 Å². The van der Waals surface area contributed by atoms with Crippen LogP contribution in [-0.2, 0) is 11.3 Å². The summed E-state index contributed by atoms with van der Waals surface area (Å²) in [5.74, 6) is 0.928. The maximum Gasteiger partial charge on any atom is 0.303 e. The molecule has 0 aliphatic rings. The molecule has 208 valence electrons. The summed E-state index contributed by atoms with van der Waals surface area (Å²) in [4.78, 5) is 26.0. The first-order valence-electron chi connectivity index (χ1n) is 13.6. The van der Waals surface area contributed by atoms with Gasteiger partial charge in [-0.2, -0.15) is 0 Å². The molecule has 0 aliphatic heterocycles. The van der Waals surface area contributed by atoms with Crippen LogP contribution in [0.25, 0.3) is 22.6 Å². The number of hydrogen-bond acceptors (Lipinski definition) is 6. The number of carbonyl (C=O) groups excluding carboxylic acids is 1. The number of hydrogen-bond donors (Lipinski definition) is 1. The number of benzene rings is 3. The van der Waals surface area contributed by atoms with Crippen LogP contribution in [0.3, 0.4) is 0 Å². The summed E-state index contributed by atoms with van der Waals surface area (Å²) in [5.41, 5.74) is 4.42. The Morgan fingerprint density at radius 1 is 0.900 bits per heavy atom. The van der Waals surface area contributed by atoms with E-state index in [2.05, 4.69) is 10.2 Å². The molecule has 8 heteroatoms. The zero-order valence-corrected chi connectivity index (χ0v) is 23.2. The van der Waals surface area contributed by atoms with Crippen LogP contribution in [0.1, 0.15) is 61.3 Å². The molecule has 0 bridgehead atoms. The summed E-state index contributed by atoms with van der Waals surface area (Å²) in [6.07, 6.45) is 2.44. The number of ether oxygens (including phenoxy) is 1. The molecule has 1 aromatic heterocycles. The molecular formula is C32H35N3O5. The Kier molecular flexibility index (Phi) is 9.67. The van der Waals surface area contributed by atoms with Crippen LogP contribution in [0, 0.1) is 6.92 Å². The van der Waals surface area contributed by atoms with Crippen LogP contribution < -0.4 is 4.74 Å². The highest BCUT2D eigenvalue weighted by molar-refractivity contribution is 5.95. The highest BCUT2D eigenvalue weighted by atomic mass is 16.5. The molecule has 0 unspecified atom stereocenters. The van der Waals surface area contributed by atoms with Crippen molar-refractivity contribution in [1.82, 2.24) is 15.1 Å². The molecule has 40 heavy (non-hydrogen) atoms. The number of carbonyl (C=O) groups is 2. The van der Waals surface area contributed by atoms with Crippen molar-refractivity contribution in [3.05, 3.63) is 89.8 Å². The van der Waals surface area contributed by atoms with Crippen molar-refractivity contribution in [1.29, 1.82) is 0 Å². The number of unbranched alkanes of at least 4 members (excludes halogenated alkanes) is 2. The first-order chi connectivity index (χ1) is 19.3. The van der Waals surface area contributed by atoms with Gasteiger partial charge in [0, 0.05) is 37.1 Å². The second-order valence-corrected chi connectivity index (χ2v) is 10.0. The summed E-state index contributed by atoms with van der Waals surface area (Å²) < 4.78 is 11.4. The number of nitrogens with zero attached hydrogens (tertiary/aromatic N) is 3. The predicted octanol–water partition coefficient (Wildman–Crippen LogP) is 6.79. The fraction of sp³-hybridized carbons (Fsp3) is 0.312. The summed E-state index contributed by atoms with van der Waals surface area (Å²) in [5, 5.41) is 16.7. The van der Waals surface area contributed by atoms with Crippen LogP contribution in [0.15, 0.2) is 77.2 Å². The Labute approximate surface area is 234 Å². The highest BCUT2D eigenvalue weighted by Gasteiger charge is 2.20. The van der Waals surface area contributed by atoms with Crippen LogP contribution in [0.4, 0.5) is 0 Å². The summed E-state index contributed by atoms with van der Waals surface area (Å²) in [7, 11) is 0. The van der Waals surface area contributed by atoms with E-state index in [0.717, 1.165) is 40.8 Å². The monoisotopic (exact) mass is 541 g/mol. The van der Waals surface area contributed by atoms with E-state index >= 15 is 0 Å². The average Bonchev–Trinajstić information content (AvgIpc) is 3.39. The third-order valence-electron chi connectivity index (χ3n) is 6.54. The van der Waals surface area contributed by atoms with Gasteiger partial charge in [0.25, 0.3) is 5.91 Å². The van der Waals surface area contributed by atoms with Gasteiger partial charge in [0.05, 0.1) is 6.61 Å². The fourth-order valence-electron chi connectivity index (χ4n) is 4.38. The van der Waals surface area contributed by atoms with E-state index in [1.165, 1.54) is 0 Å². The van der Waals surface area contributed by atoms with Crippen molar-refractivity contribution in [3.8, 4) is 28.3 Å². The molecule has 0 saturated heterocycles. The van der Waals surface area contributed by atoms with Gasteiger partial charge < -0.3 is 19.2 Å². The molecule has 4 rings (SSSR count). The standard InChI is InChI=1S/C32H35N3O5/c1-22(2)35(21-24-9-7-12-29(19-24)39-18-6-4-5-13-30(36)37)32(38)26-16-14-25(15-17-26)27-10-8-11-28(20-27)31-34-33-23(3)40-31/h7-12,14-17,19-20,22H,4-6,13,18,21H2,1-3H3,(H,36,37). The van der Waals surface area contributed by atoms with Gasteiger partial charge in [0.15, 0.2) is 0 Å².